The minimum absolute atomic E-state index is 0.158. The number of hydrazine groups is 1. The van der Waals surface area contributed by atoms with E-state index in [2.05, 4.69) is 21.4 Å². The molecule has 0 aliphatic rings. The summed E-state index contributed by atoms with van der Waals surface area (Å²) in [7, 11) is 0. The lowest BCUT2D eigenvalue weighted by Gasteiger charge is -2.13. The molecule has 0 spiro atoms. The molecule has 3 rings (SSSR count). The van der Waals surface area contributed by atoms with Crippen LogP contribution < -0.4 is 11.3 Å². The second-order valence-electron chi connectivity index (χ2n) is 4.79. The maximum atomic E-state index is 5.98. The van der Waals surface area contributed by atoms with Crippen molar-refractivity contribution in [2.75, 3.05) is 0 Å². The summed E-state index contributed by atoms with van der Waals surface area (Å²) in [4.78, 5) is 0. The van der Waals surface area contributed by atoms with E-state index in [9.17, 15) is 0 Å². The van der Waals surface area contributed by atoms with Crippen LogP contribution in [0.3, 0.4) is 0 Å². The Kier molecular flexibility index (Phi) is 3.61. The number of hydrogen-bond donors (Lipinski definition) is 2. The Balaban J connectivity index is 2.07. The minimum atomic E-state index is -0.158. The number of nitrogens with two attached hydrogens (primary N) is 1. The average Bonchev–Trinajstić information content (AvgIpc) is 2.87. The second-order valence-corrected chi connectivity index (χ2v) is 5.71. The van der Waals surface area contributed by atoms with Crippen molar-refractivity contribution in [3.8, 4) is 0 Å². The highest BCUT2D eigenvalue weighted by Gasteiger charge is 2.17. The summed E-state index contributed by atoms with van der Waals surface area (Å²) >= 11 is 3.44. The van der Waals surface area contributed by atoms with Gasteiger partial charge >= 0.3 is 0 Å². The Labute approximate surface area is 125 Å². The van der Waals surface area contributed by atoms with E-state index in [1.807, 2.05) is 55.5 Å². The van der Waals surface area contributed by atoms with Gasteiger partial charge < -0.3 is 4.42 Å². The van der Waals surface area contributed by atoms with E-state index < -0.39 is 0 Å². The zero-order chi connectivity index (χ0) is 14.1. The summed E-state index contributed by atoms with van der Waals surface area (Å²) in [5.41, 5.74) is 5.93. The van der Waals surface area contributed by atoms with E-state index in [0.717, 1.165) is 32.3 Å². The van der Waals surface area contributed by atoms with E-state index in [0.29, 0.717) is 0 Å². The Bertz CT molecular complexity index is 734. The van der Waals surface area contributed by atoms with Gasteiger partial charge in [-0.1, -0.05) is 46.3 Å². The maximum absolute atomic E-state index is 5.98. The van der Waals surface area contributed by atoms with Crippen molar-refractivity contribution >= 4 is 26.9 Å². The molecule has 102 valence electrons. The number of aryl methyl sites for hydroxylation is 1. The molecule has 0 aliphatic carbocycles. The van der Waals surface area contributed by atoms with Crippen molar-refractivity contribution in [1.82, 2.24) is 5.43 Å². The quantitative estimate of drug-likeness (QED) is 0.562. The van der Waals surface area contributed by atoms with Gasteiger partial charge in [0.15, 0.2) is 0 Å². The Hall–Kier alpha value is -1.62. The van der Waals surface area contributed by atoms with Gasteiger partial charge in [0, 0.05) is 9.86 Å². The molecule has 1 atom stereocenters. The molecule has 0 saturated carbocycles. The fourth-order valence-electron chi connectivity index (χ4n) is 2.37. The number of para-hydroxylation sites is 1. The van der Waals surface area contributed by atoms with Gasteiger partial charge in [0.1, 0.15) is 17.4 Å². The number of furan rings is 1. The molecular formula is C16H15BrN2O. The minimum Gasteiger partial charge on any atom is -0.459 e. The van der Waals surface area contributed by atoms with Crippen molar-refractivity contribution in [3.63, 3.8) is 0 Å². The lowest BCUT2D eigenvalue weighted by molar-refractivity contribution is 0.476. The van der Waals surface area contributed by atoms with Crippen LogP contribution in [0.5, 0.6) is 0 Å². The molecule has 2 aromatic carbocycles. The molecule has 1 unspecified atom stereocenters. The SMILES string of the molecule is Cc1cccc2cc(C(NN)c3ccc(Br)cc3)oc12. The predicted octanol–water partition coefficient (Wildman–Crippen LogP) is 4.06. The topological polar surface area (TPSA) is 51.2 Å². The first kappa shape index (κ1) is 13.4. The van der Waals surface area contributed by atoms with Crippen LogP contribution >= 0.6 is 15.9 Å². The van der Waals surface area contributed by atoms with E-state index in [1.165, 1.54) is 0 Å². The van der Waals surface area contributed by atoms with Crippen LogP contribution in [0.4, 0.5) is 0 Å². The van der Waals surface area contributed by atoms with Crippen molar-refractivity contribution in [3.05, 3.63) is 69.9 Å². The predicted molar refractivity (Wildman–Crippen MR) is 84.3 cm³/mol. The molecule has 3 aromatic rings. The molecular weight excluding hydrogens is 316 g/mol. The molecule has 0 fully saturated rings. The van der Waals surface area contributed by atoms with E-state index in [-0.39, 0.29) is 6.04 Å². The molecule has 20 heavy (non-hydrogen) atoms. The van der Waals surface area contributed by atoms with Gasteiger partial charge in [-0.3, -0.25) is 5.84 Å². The van der Waals surface area contributed by atoms with Gasteiger partial charge in [0.05, 0.1) is 0 Å². The van der Waals surface area contributed by atoms with Crippen LogP contribution in [0, 0.1) is 6.92 Å². The van der Waals surface area contributed by atoms with Crippen LogP contribution in [0.15, 0.2) is 57.4 Å². The standard InChI is InChI=1S/C16H15BrN2O/c1-10-3-2-4-12-9-14(20-16(10)12)15(19-18)11-5-7-13(17)8-6-11/h2-9,15,19H,18H2,1H3. The highest BCUT2D eigenvalue weighted by molar-refractivity contribution is 9.10. The number of halogens is 1. The Morgan fingerprint density at radius 3 is 2.55 bits per heavy atom. The van der Waals surface area contributed by atoms with Gasteiger partial charge in [0.25, 0.3) is 0 Å². The maximum Gasteiger partial charge on any atom is 0.137 e. The Morgan fingerprint density at radius 1 is 1.15 bits per heavy atom. The highest BCUT2D eigenvalue weighted by Crippen LogP contribution is 2.29. The van der Waals surface area contributed by atoms with Gasteiger partial charge in [0.2, 0.25) is 0 Å². The molecule has 1 heterocycles. The number of rotatable bonds is 3. The summed E-state index contributed by atoms with van der Waals surface area (Å²) in [6, 6.07) is 16.0. The largest absolute Gasteiger partial charge is 0.459 e. The van der Waals surface area contributed by atoms with E-state index >= 15 is 0 Å². The molecule has 0 aliphatic heterocycles. The van der Waals surface area contributed by atoms with E-state index in [1.54, 1.807) is 0 Å². The van der Waals surface area contributed by atoms with Gasteiger partial charge in [-0.2, -0.15) is 0 Å². The van der Waals surface area contributed by atoms with Crippen LogP contribution in [0.1, 0.15) is 22.9 Å². The van der Waals surface area contributed by atoms with Crippen LogP contribution in [0.25, 0.3) is 11.0 Å². The van der Waals surface area contributed by atoms with Crippen molar-refractivity contribution in [2.24, 2.45) is 5.84 Å². The van der Waals surface area contributed by atoms with Crippen LogP contribution in [0.2, 0.25) is 0 Å². The van der Waals surface area contributed by atoms with Gasteiger partial charge in [-0.15, -0.1) is 0 Å². The monoisotopic (exact) mass is 330 g/mol. The van der Waals surface area contributed by atoms with Crippen molar-refractivity contribution < 1.29 is 4.42 Å². The fraction of sp³-hybridized carbons (Fsp3) is 0.125. The molecule has 1 aromatic heterocycles. The lowest BCUT2D eigenvalue weighted by Crippen LogP contribution is -2.28. The summed E-state index contributed by atoms with van der Waals surface area (Å²) < 4.78 is 7.02. The van der Waals surface area contributed by atoms with Crippen LogP contribution in [-0.4, -0.2) is 0 Å². The molecule has 3 N–H and O–H groups in total. The lowest BCUT2D eigenvalue weighted by atomic mass is 10.1. The van der Waals surface area contributed by atoms with Gasteiger partial charge in [-0.05, 0) is 36.2 Å². The first-order valence-corrected chi connectivity index (χ1v) is 7.19. The highest BCUT2D eigenvalue weighted by atomic mass is 79.9. The molecule has 0 radical (unpaired) electrons. The molecule has 0 bridgehead atoms. The summed E-state index contributed by atoms with van der Waals surface area (Å²) in [6.07, 6.45) is 0. The fourth-order valence-corrected chi connectivity index (χ4v) is 2.63. The normalized spacial score (nSPS) is 12.8. The summed E-state index contributed by atoms with van der Waals surface area (Å²) in [5, 5.41) is 1.09. The number of benzene rings is 2. The number of nitrogens with one attached hydrogen (secondary N) is 1. The van der Waals surface area contributed by atoms with Crippen molar-refractivity contribution in [2.45, 2.75) is 13.0 Å². The second kappa shape index (κ2) is 5.40. The summed E-state index contributed by atoms with van der Waals surface area (Å²) in [5.74, 6) is 6.53. The van der Waals surface area contributed by atoms with Gasteiger partial charge in [-0.25, -0.2) is 5.43 Å². The smallest absolute Gasteiger partial charge is 0.137 e. The zero-order valence-electron chi connectivity index (χ0n) is 11.1. The average molecular weight is 331 g/mol. The third-order valence-corrected chi connectivity index (χ3v) is 3.94. The molecule has 3 nitrogen and oxygen atoms in total. The number of hydrogen-bond acceptors (Lipinski definition) is 3. The summed E-state index contributed by atoms with van der Waals surface area (Å²) in [6.45, 7) is 2.04. The molecule has 0 saturated heterocycles. The number of fused-ring (bicyclic) bond motifs is 1. The third kappa shape index (κ3) is 2.38. The molecule has 0 amide bonds. The zero-order valence-corrected chi connectivity index (χ0v) is 12.6. The molecule has 4 heteroatoms. The van der Waals surface area contributed by atoms with Crippen LogP contribution in [-0.2, 0) is 0 Å². The first-order chi connectivity index (χ1) is 9.69. The Morgan fingerprint density at radius 2 is 1.90 bits per heavy atom. The van der Waals surface area contributed by atoms with Crippen molar-refractivity contribution in [1.29, 1.82) is 0 Å². The first-order valence-electron chi connectivity index (χ1n) is 6.39. The third-order valence-electron chi connectivity index (χ3n) is 3.41. The van der Waals surface area contributed by atoms with E-state index in [4.69, 9.17) is 10.3 Å².